The van der Waals surface area contributed by atoms with Gasteiger partial charge in [-0.3, -0.25) is 19.9 Å². The first-order chi connectivity index (χ1) is 10.6. The number of nitrogens with zero attached hydrogens (tertiary/aromatic N) is 2. The van der Waals surface area contributed by atoms with Gasteiger partial charge in [0.05, 0.1) is 4.92 Å². The van der Waals surface area contributed by atoms with E-state index in [1.54, 1.807) is 12.3 Å². The van der Waals surface area contributed by atoms with Gasteiger partial charge in [0.1, 0.15) is 5.69 Å². The number of hydrogen-bond donors (Lipinski definition) is 1. The predicted molar refractivity (Wildman–Crippen MR) is 82.8 cm³/mol. The number of anilines is 1. The van der Waals surface area contributed by atoms with E-state index in [4.69, 9.17) is 0 Å². The van der Waals surface area contributed by atoms with E-state index in [-0.39, 0.29) is 17.3 Å². The zero-order chi connectivity index (χ0) is 15.5. The van der Waals surface area contributed by atoms with Gasteiger partial charge in [-0.05, 0) is 23.6 Å². The number of benzene rings is 2. The molecule has 0 aliphatic carbocycles. The van der Waals surface area contributed by atoms with Crippen molar-refractivity contribution in [2.75, 3.05) is 5.32 Å². The number of nitro groups is 1. The SMILES string of the molecule is O=C(Nc1ccc([N+](=O)[O-])cc1)c1cc2ccccc2cn1. The molecule has 0 bridgehead atoms. The normalized spacial score (nSPS) is 10.4. The summed E-state index contributed by atoms with van der Waals surface area (Å²) in [5.74, 6) is -0.361. The molecular formula is C16H11N3O3. The van der Waals surface area contributed by atoms with E-state index in [0.29, 0.717) is 5.69 Å². The molecule has 0 unspecified atom stereocenters. The quantitative estimate of drug-likeness (QED) is 0.592. The molecule has 0 saturated heterocycles. The van der Waals surface area contributed by atoms with Crippen molar-refractivity contribution in [3.63, 3.8) is 0 Å². The third-order valence-electron chi connectivity index (χ3n) is 3.20. The monoisotopic (exact) mass is 293 g/mol. The van der Waals surface area contributed by atoms with Crippen molar-refractivity contribution in [1.82, 2.24) is 4.98 Å². The van der Waals surface area contributed by atoms with E-state index in [1.807, 2.05) is 24.3 Å². The molecule has 0 spiro atoms. The van der Waals surface area contributed by atoms with Gasteiger partial charge in [0, 0.05) is 29.4 Å². The molecule has 0 aliphatic rings. The fourth-order valence-electron chi connectivity index (χ4n) is 2.07. The molecule has 0 radical (unpaired) electrons. The van der Waals surface area contributed by atoms with E-state index >= 15 is 0 Å². The number of non-ortho nitro benzene ring substituents is 1. The third kappa shape index (κ3) is 2.76. The Balaban J connectivity index is 1.81. The predicted octanol–water partition coefficient (Wildman–Crippen LogP) is 3.40. The highest BCUT2D eigenvalue weighted by Crippen LogP contribution is 2.17. The first kappa shape index (κ1) is 13.7. The first-order valence-electron chi connectivity index (χ1n) is 6.54. The van der Waals surface area contributed by atoms with Crippen molar-refractivity contribution < 1.29 is 9.72 Å². The Hall–Kier alpha value is -3.28. The van der Waals surface area contributed by atoms with E-state index in [9.17, 15) is 14.9 Å². The standard InChI is InChI=1S/C16H11N3O3/c20-16(18-13-5-7-14(8-6-13)19(21)22)15-9-11-3-1-2-4-12(11)10-17-15/h1-10H,(H,18,20). The molecule has 3 aromatic rings. The highest BCUT2D eigenvalue weighted by atomic mass is 16.6. The molecule has 1 aromatic heterocycles. The van der Waals surface area contributed by atoms with Gasteiger partial charge in [-0.2, -0.15) is 0 Å². The molecule has 3 rings (SSSR count). The lowest BCUT2D eigenvalue weighted by Gasteiger charge is -2.05. The maximum absolute atomic E-state index is 12.2. The van der Waals surface area contributed by atoms with Gasteiger partial charge in [0.25, 0.3) is 11.6 Å². The summed E-state index contributed by atoms with van der Waals surface area (Å²) in [5, 5.41) is 15.1. The Morgan fingerprint density at radius 2 is 1.73 bits per heavy atom. The summed E-state index contributed by atoms with van der Waals surface area (Å²) < 4.78 is 0. The van der Waals surface area contributed by atoms with Gasteiger partial charge in [-0.1, -0.05) is 24.3 Å². The van der Waals surface area contributed by atoms with E-state index < -0.39 is 4.92 Å². The minimum atomic E-state index is -0.490. The van der Waals surface area contributed by atoms with Crippen LogP contribution in [0.1, 0.15) is 10.5 Å². The molecule has 0 saturated carbocycles. The number of nitro benzene ring substituents is 1. The van der Waals surface area contributed by atoms with Crippen LogP contribution in [-0.4, -0.2) is 15.8 Å². The molecule has 0 atom stereocenters. The molecule has 1 N–H and O–H groups in total. The molecule has 6 nitrogen and oxygen atoms in total. The van der Waals surface area contributed by atoms with Crippen LogP contribution in [0.25, 0.3) is 10.8 Å². The molecule has 0 fully saturated rings. The summed E-state index contributed by atoms with van der Waals surface area (Å²) in [6, 6.07) is 15.0. The first-order valence-corrected chi connectivity index (χ1v) is 6.54. The number of rotatable bonds is 3. The number of carbonyl (C=O) groups excluding carboxylic acids is 1. The van der Waals surface area contributed by atoms with Crippen molar-refractivity contribution in [3.8, 4) is 0 Å². The second-order valence-corrected chi connectivity index (χ2v) is 4.67. The van der Waals surface area contributed by atoms with E-state index in [2.05, 4.69) is 10.3 Å². The average Bonchev–Trinajstić information content (AvgIpc) is 2.55. The largest absolute Gasteiger partial charge is 0.321 e. The average molecular weight is 293 g/mol. The van der Waals surface area contributed by atoms with Crippen LogP contribution in [0.15, 0.2) is 60.8 Å². The van der Waals surface area contributed by atoms with Crippen LogP contribution in [0.4, 0.5) is 11.4 Å². The molecule has 2 aromatic carbocycles. The Bertz CT molecular complexity index is 860. The van der Waals surface area contributed by atoms with Crippen molar-refractivity contribution in [2.24, 2.45) is 0 Å². The van der Waals surface area contributed by atoms with Crippen molar-refractivity contribution in [1.29, 1.82) is 0 Å². The van der Waals surface area contributed by atoms with Crippen LogP contribution in [0.2, 0.25) is 0 Å². The smallest absolute Gasteiger partial charge is 0.274 e. The van der Waals surface area contributed by atoms with Crippen LogP contribution in [-0.2, 0) is 0 Å². The fourth-order valence-corrected chi connectivity index (χ4v) is 2.07. The number of pyridine rings is 1. The van der Waals surface area contributed by atoms with Crippen LogP contribution in [0, 0.1) is 10.1 Å². The van der Waals surface area contributed by atoms with Crippen LogP contribution in [0.5, 0.6) is 0 Å². The third-order valence-corrected chi connectivity index (χ3v) is 3.20. The Labute approximate surface area is 125 Å². The van der Waals surface area contributed by atoms with Crippen molar-refractivity contribution >= 4 is 28.1 Å². The van der Waals surface area contributed by atoms with Gasteiger partial charge in [-0.15, -0.1) is 0 Å². The topological polar surface area (TPSA) is 85.1 Å². The van der Waals surface area contributed by atoms with Gasteiger partial charge in [0.15, 0.2) is 0 Å². The molecular weight excluding hydrogens is 282 g/mol. The Kier molecular flexibility index (Phi) is 3.49. The number of fused-ring (bicyclic) bond motifs is 1. The van der Waals surface area contributed by atoms with E-state index in [1.165, 1.54) is 24.3 Å². The molecule has 108 valence electrons. The van der Waals surface area contributed by atoms with E-state index in [0.717, 1.165) is 10.8 Å². The minimum Gasteiger partial charge on any atom is -0.321 e. The van der Waals surface area contributed by atoms with Crippen LogP contribution >= 0.6 is 0 Å². The van der Waals surface area contributed by atoms with Crippen LogP contribution < -0.4 is 5.32 Å². The summed E-state index contributed by atoms with van der Waals surface area (Å²) in [6.45, 7) is 0. The number of hydrogen-bond acceptors (Lipinski definition) is 4. The van der Waals surface area contributed by atoms with Crippen molar-refractivity contribution in [2.45, 2.75) is 0 Å². The van der Waals surface area contributed by atoms with Crippen molar-refractivity contribution in [3.05, 3.63) is 76.6 Å². The number of aromatic nitrogens is 1. The molecule has 22 heavy (non-hydrogen) atoms. The summed E-state index contributed by atoms with van der Waals surface area (Å²) >= 11 is 0. The Morgan fingerprint density at radius 3 is 2.41 bits per heavy atom. The Morgan fingerprint density at radius 1 is 1.05 bits per heavy atom. The molecule has 1 amide bonds. The van der Waals surface area contributed by atoms with Gasteiger partial charge >= 0.3 is 0 Å². The van der Waals surface area contributed by atoms with Gasteiger partial charge in [-0.25, -0.2) is 0 Å². The highest BCUT2D eigenvalue weighted by molar-refractivity contribution is 6.04. The summed E-state index contributed by atoms with van der Waals surface area (Å²) in [6.07, 6.45) is 1.64. The lowest BCUT2D eigenvalue weighted by atomic mass is 10.1. The molecule has 0 aliphatic heterocycles. The highest BCUT2D eigenvalue weighted by Gasteiger charge is 2.10. The minimum absolute atomic E-state index is 0.0261. The maximum Gasteiger partial charge on any atom is 0.274 e. The second-order valence-electron chi connectivity index (χ2n) is 4.67. The lowest BCUT2D eigenvalue weighted by molar-refractivity contribution is -0.384. The second kappa shape index (κ2) is 5.61. The fraction of sp³-hybridized carbons (Fsp3) is 0. The number of carbonyl (C=O) groups is 1. The maximum atomic E-state index is 12.2. The zero-order valence-corrected chi connectivity index (χ0v) is 11.4. The lowest BCUT2D eigenvalue weighted by Crippen LogP contribution is -2.13. The summed E-state index contributed by atoms with van der Waals surface area (Å²) in [7, 11) is 0. The van der Waals surface area contributed by atoms with Gasteiger partial charge < -0.3 is 5.32 Å². The summed E-state index contributed by atoms with van der Waals surface area (Å²) in [5.41, 5.74) is 0.740. The zero-order valence-electron chi connectivity index (χ0n) is 11.4. The summed E-state index contributed by atoms with van der Waals surface area (Å²) in [4.78, 5) is 26.4. The molecule has 6 heteroatoms. The number of amides is 1. The van der Waals surface area contributed by atoms with Crippen LogP contribution in [0.3, 0.4) is 0 Å². The number of nitrogens with one attached hydrogen (secondary N) is 1. The van der Waals surface area contributed by atoms with Gasteiger partial charge in [0.2, 0.25) is 0 Å². The molecule has 1 heterocycles.